The molecule has 27 heavy (non-hydrogen) atoms. The van der Waals surface area contributed by atoms with Crippen LogP contribution in [-0.2, 0) is 22.8 Å². The summed E-state index contributed by atoms with van der Waals surface area (Å²) >= 11 is 0. The molecule has 1 fully saturated rings. The van der Waals surface area contributed by atoms with Crippen LogP contribution in [0.1, 0.15) is 43.0 Å². The Morgan fingerprint density at radius 2 is 1.74 bits per heavy atom. The Hall–Kier alpha value is -1.70. The molecule has 7 heteroatoms. The average Bonchev–Trinajstić information content (AvgIpc) is 2.88. The number of halogens is 1. The molecule has 0 radical (unpaired) electrons. The van der Waals surface area contributed by atoms with Gasteiger partial charge in [-0.2, -0.15) is 0 Å². The Morgan fingerprint density at radius 1 is 1.07 bits per heavy atom. The Kier molecular flexibility index (Phi) is 6.68. The van der Waals surface area contributed by atoms with Crippen molar-refractivity contribution in [3.05, 3.63) is 59.7 Å². The first-order valence-corrected chi connectivity index (χ1v) is 11.2. The van der Waals surface area contributed by atoms with Gasteiger partial charge in [-0.25, -0.2) is 17.5 Å². The van der Waals surface area contributed by atoms with Gasteiger partial charge in [-0.3, -0.25) is 4.90 Å². The predicted molar refractivity (Wildman–Crippen MR) is 105 cm³/mol. The second-order valence-corrected chi connectivity index (χ2v) is 9.05. The first-order chi connectivity index (χ1) is 12.9. The maximum atomic E-state index is 13.0. The van der Waals surface area contributed by atoms with Crippen LogP contribution in [0.2, 0.25) is 0 Å². The number of aryl methyl sites for hydroxylation is 1. The quantitative estimate of drug-likeness (QED) is 0.786. The molecule has 0 unspecified atom stereocenters. The van der Waals surface area contributed by atoms with E-state index in [4.69, 9.17) is 0 Å². The monoisotopic (exact) mass is 393 g/mol. The summed E-state index contributed by atoms with van der Waals surface area (Å²) in [4.78, 5) is 2.39. The van der Waals surface area contributed by atoms with Gasteiger partial charge >= 0.3 is 0 Å². The Balaban J connectivity index is 1.71. The highest BCUT2D eigenvalue weighted by molar-refractivity contribution is 7.88. The summed E-state index contributed by atoms with van der Waals surface area (Å²) in [6.07, 6.45) is 6.74. The first kappa shape index (κ1) is 20.0. The number of nitrogens with one attached hydrogen (secondary N) is 1. The van der Waals surface area contributed by atoms with Crippen LogP contribution in [0.25, 0.3) is 0 Å². The summed E-state index contributed by atoms with van der Waals surface area (Å²) in [6, 6.07) is 9.66. The molecule has 2 heterocycles. The molecule has 5 nitrogen and oxygen atoms in total. The number of hydrogen-bond donors (Lipinski definition) is 1. The van der Waals surface area contributed by atoms with Gasteiger partial charge in [0.25, 0.3) is 0 Å². The zero-order valence-corrected chi connectivity index (χ0v) is 16.6. The Labute approximate surface area is 161 Å². The van der Waals surface area contributed by atoms with Gasteiger partial charge in [-0.1, -0.05) is 25.0 Å². The SMILES string of the molecule is Cn1cccc1[C@H](CNS(=O)(=O)Cc1ccc(F)cc1)N1CCCCCC1. The van der Waals surface area contributed by atoms with Gasteiger partial charge in [-0.05, 0) is 55.8 Å². The van der Waals surface area contributed by atoms with Gasteiger partial charge in [0.15, 0.2) is 0 Å². The molecule has 1 aromatic carbocycles. The smallest absolute Gasteiger partial charge is 0.215 e. The summed E-state index contributed by atoms with van der Waals surface area (Å²) < 4.78 is 43.0. The lowest BCUT2D eigenvalue weighted by atomic mass is 10.1. The maximum absolute atomic E-state index is 13.0. The van der Waals surface area contributed by atoms with E-state index in [1.54, 1.807) is 0 Å². The Morgan fingerprint density at radius 3 is 2.33 bits per heavy atom. The molecule has 0 amide bonds. The summed E-state index contributed by atoms with van der Waals surface area (Å²) in [5, 5.41) is 0. The summed E-state index contributed by atoms with van der Waals surface area (Å²) in [5.74, 6) is -0.512. The topological polar surface area (TPSA) is 54.3 Å². The highest BCUT2D eigenvalue weighted by atomic mass is 32.2. The molecule has 148 valence electrons. The van der Waals surface area contributed by atoms with Crippen LogP contribution < -0.4 is 4.72 Å². The molecule has 3 rings (SSSR count). The lowest BCUT2D eigenvalue weighted by Gasteiger charge is -2.31. The van der Waals surface area contributed by atoms with Crippen LogP contribution in [0, 0.1) is 5.82 Å². The van der Waals surface area contributed by atoms with E-state index in [1.165, 1.54) is 37.1 Å². The number of likely N-dealkylation sites (tertiary alicyclic amines) is 1. The van der Waals surface area contributed by atoms with Crippen molar-refractivity contribution in [2.24, 2.45) is 7.05 Å². The number of nitrogens with zero attached hydrogens (tertiary/aromatic N) is 2. The lowest BCUT2D eigenvalue weighted by molar-refractivity contribution is 0.199. The van der Waals surface area contributed by atoms with Crippen molar-refractivity contribution in [2.75, 3.05) is 19.6 Å². The van der Waals surface area contributed by atoms with Gasteiger partial charge in [0.05, 0.1) is 11.8 Å². The molecular weight excluding hydrogens is 365 g/mol. The van der Waals surface area contributed by atoms with Gasteiger partial charge in [0.2, 0.25) is 10.0 Å². The van der Waals surface area contributed by atoms with Crippen molar-refractivity contribution < 1.29 is 12.8 Å². The fourth-order valence-electron chi connectivity index (χ4n) is 3.71. The standard InChI is InChI=1S/C20H28FN3O2S/c1-23-12-6-7-19(23)20(24-13-4-2-3-5-14-24)15-22-27(25,26)16-17-8-10-18(21)11-9-17/h6-12,20,22H,2-5,13-16H2,1H3/t20-/m0/s1. The predicted octanol–water partition coefficient (Wildman–Crippen LogP) is 3.20. The van der Waals surface area contributed by atoms with E-state index in [2.05, 4.69) is 20.3 Å². The molecule has 2 aromatic rings. The number of benzene rings is 1. The molecule has 0 spiro atoms. The molecule has 1 saturated heterocycles. The largest absolute Gasteiger partial charge is 0.353 e. The van der Waals surface area contributed by atoms with E-state index in [9.17, 15) is 12.8 Å². The van der Waals surface area contributed by atoms with Crippen LogP contribution in [0.4, 0.5) is 4.39 Å². The number of sulfonamides is 1. The highest BCUT2D eigenvalue weighted by Gasteiger charge is 2.25. The molecule has 0 bridgehead atoms. The molecule has 1 N–H and O–H groups in total. The molecular formula is C20H28FN3O2S. The van der Waals surface area contributed by atoms with Crippen molar-refractivity contribution in [3.8, 4) is 0 Å². The van der Waals surface area contributed by atoms with Crippen LogP contribution in [0.15, 0.2) is 42.6 Å². The normalized spacial score (nSPS) is 17.6. The third-order valence-electron chi connectivity index (χ3n) is 5.17. The van der Waals surface area contributed by atoms with Gasteiger partial charge < -0.3 is 4.57 Å². The molecule has 1 aromatic heterocycles. The average molecular weight is 394 g/mol. The summed E-state index contributed by atoms with van der Waals surface area (Å²) in [5.41, 5.74) is 1.69. The van der Waals surface area contributed by atoms with Crippen molar-refractivity contribution in [2.45, 2.75) is 37.5 Å². The maximum Gasteiger partial charge on any atom is 0.215 e. The third kappa shape index (κ3) is 5.64. The lowest BCUT2D eigenvalue weighted by Crippen LogP contribution is -2.39. The summed E-state index contributed by atoms with van der Waals surface area (Å²) in [7, 11) is -1.51. The molecule has 0 saturated carbocycles. The summed E-state index contributed by atoms with van der Waals surface area (Å²) in [6.45, 7) is 2.30. The van der Waals surface area contributed by atoms with E-state index in [1.807, 2.05) is 19.3 Å². The van der Waals surface area contributed by atoms with E-state index >= 15 is 0 Å². The minimum Gasteiger partial charge on any atom is -0.353 e. The van der Waals surface area contributed by atoms with Gasteiger partial charge in [-0.15, -0.1) is 0 Å². The van der Waals surface area contributed by atoms with Gasteiger partial charge in [0, 0.05) is 25.5 Å². The zero-order chi connectivity index (χ0) is 19.3. The number of hydrogen-bond acceptors (Lipinski definition) is 3. The fourth-order valence-corrected chi connectivity index (χ4v) is 4.85. The number of aromatic nitrogens is 1. The highest BCUT2D eigenvalue weighted by Crippen LogP contribution is 2.24. The van der Waals surface area contributed by atoms with E-state index in [0.717, 1.165) is 31.6 Å². The molecule has 0 aliphatic carbocycles. The van der Waals surface area contributed by atoms with E-state index in [0.29, 0.717) is 12.1 Å². The minimum absolute atomic E-state index is 0.00564. The molecule has 1 atom stereocenters. The second-order valence-electron chi connectivity index (χ2n) is 7.24. The van der Waals surface area contributed by atoms with Crippen LogP contribution in [0.3, 0.4) is 0 Å². The second kappa shape index (κ2) is 8.99. The minimum atomic E-state index is -3.50. The molecule has 1 aliphatic heterocycles. The third-order valence-corrected chi connectivity index (χ3v) is 6.49. The first-order valence-electron chi connectivity index (χ1n) is 9.52. The Bertz CT molecular complexity index is 825. The van der Waals surface area contributed by atoms with Crippen LogP contribution in [0.5, 0.6) is 0 Å². The molecule has 1 aliphatic rings. The van der Waals surface area contributed by atoms with Crippen molar-refractivity contribution >= 4 is 10.0 Å². The number of rotatable bonds is 7. The van der Waals surface area contributed by atoms with E-state index < -0.39 is 10.0 Å². The van der Waals surface area contributed by atoms with E-state index in [-0.39, 0.29) is 17.6 Å². The fraction of sp³-hybridized carbons (Fsp3) is 0.500. The van der Waals surface area contributed by atoms with Crippen molar-refractivity contribution in [1.82, 2.24) is 14.2 Å². The van der Waals surface area contributed by atoms with Crippen molar-refractivity contribution in [1.29, 1.82) is 0 Å². The van der Waals surface area contributed by atoms with Crippen LogP contribution >= 0.6 is 0 Å². The van der Waals surface area contributed by atoms with Gasteiger partial charge in [0.1, 0.15) is 5.82 Å². The van der Waals surface area contributed by atoms with Crippen LogP contribution in [-0.4, -0.2) is 37.5 Å². The van der Waals surface area contributed by atoms with Crippen molar-refractivity contribution in [3.63, 3.8) is 0 Å². The zero-order valence-electron chi connectivity index (χ0n) is 15.8.